The lowest BCUT2D eigenvalue weighted by Crippen LogP contribution is -2.36. The number of morpholine rings is 1. The number of thiophene rings is 1. The second kappa shape index (κ2) is 11.9. The predicted octanol–water partition coefficient (Wildman–Crippen LogP) is 6.44. The van der Waals surface area contributed by atoms with Crippen LogP contribution in [-0.4, -0.2) is 56.1 Å². The standard InChI is InChI=1S/C29H34N4O4S/c1-5-35-21-10-8-20(9-11-21)26-19(4)38-29-27(26)28(30-18-31-29)32-22-16-25(37-7-3)23(17-24(22)36-6-2)33-12-14-34-15-13-33/h8-11,16-18H,5-7,12-15H2,1-4H3,(H,30,31,32). The van der Waals surface area contributed by atoms with Crippen molar-refractivity contribution in [2.24, 2.45) is 0 Å². The predicted molar refractivity (Wildman–Crippen MR) is 154 cm³/mol. The molecule has 8 nitrogen and oxygen atoms in total. The molecule has 0 atom stereocenters. The quantitative estimate of drug-likeness (QED) is 0.249. The second-order valence-electron chi connectivity index (χ2n) is 8.80. The lowest BCUT2D eigenvalue weighted by molar-refractivity contribution is 0.122. The first-order chi connectivity index (χ1) is 18.6. The molecule has 1 aliphatic heterocycles. The third kappa shape index (κ3) is 5.35. The van der Waals surface area contributed by atoms with Crippen LogP contribution >= 0.6 is 11.3 Å². The van der Waals surface area contributed by atoms with Crippen LogP contribution in [0.1, 0.15) is 25.6 Å². The molecule has 0 aliphatic carbocycles. The van der Waals surface area contributed by atoms with Crippen LogP contribution in [-0.2, 0) is 4.74 Å². The Kier molecular flexibility index (Phi) is 8.14. The molecule has 4 aromatic rings. The average Bonchev–Trinajstić information content (AvgIpc) is 3.28. The van der Waals surface area contributed by atoms with Gasteiger partial charge in [-0.1, -0.05) is 12.1 Å². The van der Waals surface area contributed by atoms with E-state index in [0.29, 0.717) is 33.0 Å². The van der Waals surface area contributed by atoms with E-state index < -0.39 is 0 Å². The highest BCUT2D eigenvalue weighted by atomic mass is 32.1. The van der Waals surface area contributed by atoms with Gasteiger partial charge in [-0.3, -0.25) is 0 Å². The zero-order valence-corrected chi connectivity index (χ0v) is 23.2. The number of nitrogens with one attached hydrogen (secondary N) is 1. The van der Waals surface area contributed by atoms with Gasteiger partial charge in [0.25, 0.3) is 0 Å². The van der Waals surface area contributed by atoms with Crippen LogP contribution in [0.4, 0.5) is 17.2 Å². The van der Waals surface area contributed by atoms with Gasteiger partial charge in [0.15, 0.2) is 0 Å². The van der Waals surface area contributed by atoms with Crippen LogP contribution < -0.4 is 24.4 Å². The van der Waals surface area contributed by atoms with Crippen molar-refractivity contribution in [3.8, 4) is 28.4 Å². The first-order valence-corrected chi connectivity index (χ1v) is 13.9. The van der Waals surface area contributed by atoms with E-state index in [2.05, 4.69) is 45.3 Å². The maximum Gasteiger partial charge on any atom is 0.145 e. The molecular weight excluding hydrogens is 500 g/mol. The number of ether oxygens (including phenoxy) is 4. The Morgan fingerprint density at radius 1 is 0.921 bits per heavy atom. The molecule has 2 aromatic carbocycles. The minimum absolute atomic E-state index is 0.541. The summed E-state index contributed by atoms with van der Waals surface area (Å²) in [6.45, 7) is 12.8. The van der Waals surface area contributed by atoms with Crippen molar-refractivity contribution in [2.45, 2.75) is 27.7 Å². The number of fused-ring (bicyclic) bond motifs is 1. The minimum atomic E-state index is 0.541. The van der Waals surface area contributed by atoms with E-state index in [1.54, 1.807) is 17.7 Å². The average molecular weight is 535 g/mol. The Labute approximate surface area is 227 Å². The number of hydrogen-bond donors (Lipinski definition) is 1. The number of hydrogen-bond acceptors (Lipinski definition) is 9. The van der Waals surface area contributed by atoms with Crippen molar-refractivity contribution in [1.82, 2.24) is 9.97 Å². The molecule has 1 N–H and O–H groups in total. The van der Waals surface area contributed by atoms with Crippen molar-refractivity contribution < 1.29 is 18.9 Å². The monoisotopic (exact) mass is 534 g/mol. The van der Waals surface area contributed by atoms with Crippen LogP contribution in [0, 0.1) is 6.92 Å². The van der Waals surface area contributed by atoms with E-state index in [1.165, 1.54) is 4.88 Å². The van der Waals surface area contributed by atoms with Gasteiger partial charge < -0.3 is 29.2 Å². The third-order valence-electron chi connectivity index (χ3n) is 6.38. The fraction of sp³-hybridized carbons (Fsp3) is 0.379. The van der Waals surface area contributed by atoms with Gasteiger partial charge in [-0.25, -0.2) is 9.97 Å². The minimum Gasteiger partial charge on any atom is -0.494 e. The maximum absolute atomic E-state index is 6.11. The summed E-state index contributed by atoms with van der Waals surface area (Å²) in [4.78, 5) is 13.7. The van der Waals surface area contributed by atoms with E-state index in [0.717, 1.165) is 68.9 Å². The second-order valence-corrected chi connectivity index (χ2v) is 10.0. The number of rotatable bonds is 10. The molecule has 1 aliphatic rings. The van der Waals surface area contributed by atoms with Crippen LogP contribution in [0.15, 0.2) is 42.7 Å². The molecule has 0 bridgehead atoms. The van der Waals surface area contributed by atoms with Crippen LogP contribution in [0.2, 0.25) is 0 Å². The Morgan fingerprint density at radius 3 is 2.34 bits per heavy atom. The number of anilines is 3. The highest BCUT2D eigenvalue weighted by Gasteiger charge is 2.22. The Balaban J connectivity index is 1.58. The summed E-state index contributed by atoms with van der Waals surface area (Å²) in [6.07, 6.45) is 1.61. The van der Waals surface area contributed by atoms with E-state index in [4.69, 9.17) is 18.9 Å². The Hall–Kier alpha value is -3.56. The van der Waals surface area contributed by atoms with Gasteiger partial charge in [0.2, 0.25) is 0 Å². The van der Waals surface area contributed by atoms with E-state index in [-0.39, 0.29) is 0 Å². The zero-order chi connectivity index (χ0) is 26.5. The molecule has 0 radical (unpaired) electrons. The number of aryl methyl sites for hydroxylation is 1. The smallest absolute Gasteiger partial charge is 0.145 e. The summed E-state index contributed by atoms with van der Waals surface area (Å²) in [5, 5.41) is 4.55. The van der Waals surface area contributed by atoms with Crippen LogP contribution in [0.25, 0.3) is 21.3 Å². The van der Waals surface area contributed by atoms with Gasteiger partial charge >= 0.3 is 0 Å². The maximum atomic E-state index is 6.11. The summed E-state index contributed by atoms with van der Waals surface area (Å²) in [6, 6.07) is 12.3. The van der Waals surface area contributed by atoms with Gasteiger partial charge in [-0.2, -0.15) is 0 Å². The van der Waals surface area contributed by atoms with Crippen molar-refractivity contribution in [3.63, 3.8) is 0 Å². The normalized spacial score (nSPS) is 13.5. The molecule has 1 saturated heterocycles. The largest absolute Gasteiger partial charge is 0.494 e. The fourth-order valence-corrected chi connectivity index (χ4v) is 5.76. The molecule has 3 heterocycles. The Morgan fingerprint density at radius 2 is 1.63 bits per heavy atom. The molecule has 38 heavy (non-hydrogen) atoms. The number of nitrogens with zero attached hydrogens (tertiary/aromatic N) is 3. The van der Waals surface area contributed by atoms with Gasteiger partial charge in [0, 0.05) is 35.7 Å². The summed E-state index contributed by atoms with van der Waals surface area (Å²) < 4.78 is 23.4. The molecular formula is C29H34N4O4S. The molecule has 5 rings (SSSR count). The molecule has 0 spiro atoms. The van der Waals surface area contributed by atoms with Gasteiger partial charge in [-0.05, 0) is 45.4 Å². The summed E-state index contributed by atoms with van der Waals surface area (Å²) in [5.74, 6) is 3.14. The topological polar surface area (TPSA) is 78.0 Å². The van der Waals surface area contributed by atoms with Gasteiger partial charge in [-0.15, -0.1) is 11.3 Å². The number of aromatic nitrogens is 2. The first kappa shape index (κ1) is 26.1. The van der Waals surface area contributed by atoms with Crippen molar-refractivity contribution in [3.05, 3.63) is 47.6 Å². The lowest BCUT2D eigenvalue weighted by atomic mass is 10.0. The molecule has 0 unspecified atom stereocenters. The van der Waals surface area contributed by atoms with Crippen molar-refractivity contribution in [1.29, 1.82) is 0 Å². The molecule has 9 heteroatoms. The van der Waals surface area contributed by atoms with Crippen LogP contribution in [0.5, 0.6) is 17.2 Å². The summed E-state index contributed by atoms with van der Waals surface area (Å²) in [5.41, 5.74) is 4.02. The Bertz CT molecular complexity index is 1380. The van der Waals surface area contributed by atoms with Crippen LogP contribution in [0.3, 0.4) is 0 Å². The van der Waals surface area contributed by atoms with Crippen molar-refractivity contribution in [2.75, 3.05) is 56.3 Å². The highest BCUT2D eigenvalue weighted by Crippen LogP contribution is 2.44. The highest BCUT2D eigenvalue weighted by molar-refractivity contribution is 7.19. The first-order valence-electron chi connectivity index (χ1n) is 13.1. The van der Waals surface area contributed by atoms with Gasteiger partial charge in [0.05, 0.1) is 49.8 Å². The molecule has 0 saturated carbocycles. The number of benzene rings is 2. The summed E-state index contributed by atoms with van der Waals surface area (Å²) in [7, 11) is 0. The molecule has 2 aromatic heterocycles. The van der Waals surface area contributed by atoms with Gasteiger partial charge in [0.1, 0.15) is 34.2 Å². The third-order valence-corrected chi connectivity index (χ3v) is 7.40. The lowest BCUT2D eigenvalue weighted by Gasteiger charge is -2.31. The SMILES string of the molecule is CCOc1ccc(-c2c(C)sc3ncnc(Nc4cc(OCC)c(N5CCOCC5)cc4OCC)c23)cc1. The summed E-state index contributed by atoms with van der Waals surface area (Å²) >= 11 is 1.66. The molecule has 1 fully saturated rings. The zero-order valence-electron chi connectivity index (χ0n) is 22.4. The molecule has 0 amide bonds. The van der Waals surface area contributed by atoms with E-state index >= 15 is 0 Å². The van der Waals surface area contributed by atoms with E-state index in [9.17, 15) is 0 Å². The van der Waals surface area contributed by atoms with E-state index in [1.807, 2.05) is 39.0 Å². The molecule has 200 valence electrons. The van der Waals surface area contributed by atoms with Crippen molar-refractivity contribution >= 4 is 38.7 Å². The fourth-order valence-electron chi connectivity index (χ4n) is 4.74.